The fourth-order valence-electron chi connectivity index (χ4n) is 5.86. The Bertz CT molecular complexity index is 1190. The van der Waals surface area contributed by atoms with Crippen molar-refractivity contribution in [1.82, 2.24) is 14.7 Å². The molecule has 1 saturated heterocycles. The highest BCUT2D eigenvalue weighted by Crippen LogP contribution is 2.38. The Hall–Kier alpha value is -2.47. The molecule has 2 amide bonds. The van der Waals surface area contributed by atoms with Gasteiger partial charge in [-0.05, 0) is 100 Å². The Morgan fingerprint density at radius 3 is 2.40 bits per heavy atom. The van der Waals surface area contributed by atoms with Crippen molar-refractivity contribution in [3.63, 3.8) is 0 Å². The molecule has 2 aliphatic carbocycles. The molecule has 190 valence electrons. The first kappa shape index (κ1) is 24.2. The Labute approximate surface area is 206 Å². The van der Waals surface area contributed by atoms with Crippen LogP contribution >= 0.6 is 0 Å². The van der Waals surface area contributed by atoms with Crippen molar-refractivity contribution in [2.45, 2.75) is 63.8 Å². The molecule has 2 heterocycles. The number of likely N-dealkylation sites (tertiary alicyclic amines) is 1. The van der Waals surface area contributed by atoms with Crippen LogP contribution in [0.4, 0.5) is 16.2 Å². The number of aromatic nitrogens is 2. The van der Waals surface area contributed by atoms with Crippen molar-refractivity contribution in [3.05, 3.63) is 45.9 Å². The van der Waals surface area contributed by atoms with Gasteiger partial charge < -0.3 is 10.1 Å². The lowest BCUT2D eigenvalue weighted by atomic mass is 9.99. The number of hydrogen-bond donors (Lipinski definition) is 2. The molecule has 5 rings (SSSR count). The van der Waals surface area contributed by atoms with Gasteiger partial charge in [-0.1, -0.05) is 6.07 Å². The molecule has 0 bridgehead atoms. The highest BCUT2D eigenvalue weighted by molar-refractivity contribution is 7.86. The minimum Gasteiger partial charge on any atom is -0.608 e. The highest BCUT2D eigenvalue weighted by Gasteiger charge is 2.40. The number of benzene rings is 1. The summed E-state index contributed by atoms with van der Waals surface area (Å²) in [4.78, 5) is 15.4. The lowest BCUT2D eigenvalue weighted by Gasteiger charge is -2.33. The Balaban J connectivity index is 1.45. The van der Waals surface area contributed by atoms with Gasteiger partial charge >= 0.3 is 16.2 Å². The smallest absolute Gasteiger partial charge is 0.436 e. The van der Waals surface area contributed by atoms with E-state index in [1.54, 1.807) is 13.2 Å². The first-order chi connectivity index (χ1) is 16.8. The van der Waals surface area contributed by atoms with Crippen molar-refractivity contribution < 1.29 is 17.7 Å². The normalized spacial score (nSPS) is 21.3. The Morgan fingerprint density at radius 2 is 1.77 bits per heavy atom. The third-order valence-electron chi connectivity index (χ3n) is 7.59. The molecule has 2 N–H and O–H groups in total. The van der Waals surface area contributed by atoms with E-state index in [1.165, 1.54) is 22.0 Å². The lowest BCUT2D eigenvalue weighted by Crippen LogP contribution is -3.14. The van der Waals surface area contributed by atoms with E-state index in [0.29, 0.717) is 30.8 Å². The van der Waals surface area contributed by atoms with Crippen LogP contribution in [-0.4, -0.2) is 55.3 Å². The molecule has 2 aromatic rings. The SMILES string of the molecule is CN1CCCC(N(c2cnn(C)c2)S(=O)(=O)[NH+]([O-])C(=O)Nc2c3c(cc4c2CCC4)CCC3)CC1. The number of hydrogen-bond acceptors (Lipinski definition) is 6. The summed E-state index contributed by atoms with van der Waals surface area (Å²) in [6.07, 6.45) is 10.5. The molecule has 35 heavy (non-hydrogen) atoms. The van der Waals surface area contributed by atoms with E-state index in [0.717, 1.165) is 66.9 Å². The zero-order valence-electron chi connectivity index (χ0n) is 20.4. The summed E-state index contributed by atoms with van der Waals surface area (Å²) >= 11 is 0. The van der Waals surface area contributed by atoms with Gasteiger partial charge in [0.1, 0.15) is 0 Å². The maximum absolute atomic E-state index is 13.7. The number of urea groups is 1. The number of amides is 2. The van der Waals surface area contributed by atoms with E-state index in [9.17, 15) is 18.4 Å². The number of nitrogens with one attached hydrogen (secondary N) is 2. The highest BCUT2D eigenvalue weighted by atomic mass is 32.2. The molecule has 1 aromatic heterocycles. The number of carbonyl (C=O) groups excluding carboxylic acids is 1. The van der Waals surface area contributed by atoms with Crippen LogP contribution in [0.25, 0.3) is 0 Å². The van der Waals surface area contributed by atoms with Gasteiger partial charge in [0, 0.05) is 13.2 Å². The standard InChI is InChI=1S/C24H34N6O4S/c1-27-12-5-8-19(11-13-27)29(20-15-25-28(2)16-20)35(33,34)30(32)24(31)26-23-21-9-3-6-17(21)14-18-7-4-10-22(18)23/h14-16,19,30H,3-13H2,1-2H3,(H,26,31). The lowest BCUT2D eigenvalue weighted by molar-refractivity contribution is -0.604. The topological polar surface area (TPSA) is 115 Å². The van der Waals surface area contributed by atoms with E-state index >= 15 is 0 Å². The molecular weight excluding hydrogens is 468 g/mol. The Kier molecular flexibility index (Phi) is 6.60. The molecule has 1 aromatic carbocycles. The predicted octanol–water partition coefficient (Wildman–Crippen LogP) is 1.55. The van der Waals surface area contributed by atoms with Gasteiger partial charge in [0.25, 0.3) is 0 Å². The number of anilines is 2. The van der Waals surface area contributed by atoms with Crippen molar-refractivity contribution in [1.29, 1.82) is 0 Å². The minimum atomic E-state index is -4.61. The zero-order valence-corrected chi connectivity index (χ0v) is 21.2. The fourth-order valence-corrected chi connectivity index (χ4v) is 7.30. The molecule has 0 saturated carbocycles. The average molecular weight is 503 g/mol. The van der Waals surface area contributed by atoms with Crippen LogP contribution in [0.1, 0.15) is 54.4 Å². The second kappa shape index (κ2) is 9.53. The zero-order chi connectivity index (χ0) is 24.7. The number of quaternary nitrogens is 1. The summed E-state index contributed by atoms with van der Waals surface area (Å²) in [5.41, 5.74) is 5.50. The summed E-state index contributed by atoms with van der Waals surface area (Å²) in [6.45, 7) is 1.57. The Morgan fingerprint density at radius 1 is 1.09 bits per heavy atom. The molecule has 1 aliphatic heterocycles. The number of aryl methyl sites for hydroxylation is 3. The molecular formula is C24H34N6O4S. The van der Waals surface area contributed by atoms with Gasteiger partial charge in [0.15, 0.2) is 0 Å². The second-order valence-electron chi connectivity index (χ2n) is 10.0. The van der Waals surface area contributed by atoms with Crippen molar-refractivity contribution >= 4 is 27.6 Å². The van der Waals surface area contributed by atoms with E-state index in [-0.39, 0.29) is 0 Å². The van der Waals surface area contributed by atoms with Crippen LogP contribution in [0.5, 0.6) is 0 Å². The van der Waals surface area contributed by atoms with Gasteiger partial charge in [0.2, 0.25) is 0 Å². The van der Waals surface area contributed by atoms with E-state index in [1.807, 2.05) is 7.05 Å². The third kappa shape index (κ3) is 4.57. The first-order valence-electron chi connectivity index (χ1n) is 12.5. The number of rotatable bonds is 5. The molecule has 11 heteroatoms. The average Bonchev–Trinajstić information content (AvgIpc) is 3.54. The number of carbonyl (C=O) groups is 1. The minimum absolute atomic E-state index is 0.310. The summed E-state index contributed by atoms with van der Waals surface area (Å²) in [7, 11) is -0.916. The summed E-state index contributed by atoms with van der Waals surface area (Å²) < 4.78 is 28.6. The van der Waals surface area contributed by atoms with Gasteiger partial charge in [-0.2, -0.15) is 18.0 Å². The second-order valence-corrected chi connectivity index (χ2v) is 11.8. The monoisotopic (exact) mass is 502 g/mol. The van der Waals surface area contributed by atoms with Crippen molar-refractivity contribution in [2.24, 2.45) is 7.05 Å². The van der Waals surface area contributed by atoms with Gasteiger partial charge in [-0.3, -0.25) is 10.00 Å². The van der Waals surface area contributed by atoms with Crippen LogP contribution in [0.2, 0.25) is 0 Å². The molecule has 3 aliphatic rings. The van der Waals surface area contributed by atoms with Crippen LogP contribution in [0.15, 0.2) is 18.5 Å². The van der Waals surface area contributed by atoms with Crippen LogP contribution in [0, 0.1) is 5.21 Å². The fraction of sp³-hybridized carbons (Fsp3) is 0.583. The van der Waals surface area contributed by atoms with Gasteiger partial charge in [-0.15, -0.1) is 0 Å². The summed E-state index contributed by atoms with van der Waals surface area (Å²) in [5.74, 6) is 0. The van der Waals surface area contributed by atoms with E-state index < -0.39 is 26.8 Å². The molecule has 2 unspecified atom stereocenters. The molecule has 1 fully saturated rings. The third-order valence-corrected chi connectivity index (χ3v) is 9.27. The molecule has 10 nitrogen and oxygen atoms in total. The number of fused-ring (bicyclic) bond motifs is 2. The number of nitrogens with zero attached hydrogens (tertiary/aromatic N) is 4. The predicted molar refractivity (Wildman–Crippen MR) is 134 cm³/mol. The molecule has 0 spiro atoms. The quantitative estimate of drug-likeness (QED) is 0.600. The van der Waals surface area contributed by atoms with E-state index in [4.69, 9.17) is 0 Å². The van der Waals surface area contributed by atoms with Crippen molar-refractivity contribution in [2.75, 3.05) is 29.8 Å². The van der Waals surface area contributed by atoms with Gasteiger partial charge in [-0.25, -0.2) is 9.10 Å². The maximum atomic E-state index is 13.7. The molecule has 0 radical (unpaired) electrons. The maximum Gasteiger partial charge on any atom is 0.436 e. The van der Waals surface area contributed by atoms with Crippen LogP contribution < -0.4 is 14.1 Å². The van der Waals surface area contributed by atoms with E-state index in [2.05, 4.69) is 21.4 Å². The van der Waals surface area contributed by atoms with Gasteiger partial charge in [0.05, 0.1) is 23.6 Å². The first-order valence-corrected chi connectivity index (χ1v) is 13.9. The largest absolute Gasteiger partial charge is 0.608 e. The number of hydroxylamine groups is 1. The van der Waals surface area contributed by atoms with Crippen LogP contribution in [0.3, 0.4) is 0 Å². The summed E-state index contributed by atoms with van der Waals surface area (Å²) in [6, 6.07) is 0.724. The summed E-state index contributed by atoms with van der Waals surface area (Å²) in [5, 5.41) is 20.2. The molecule has 2 atom stereocenters. The van der Waals surface area contributed by atoms with Crippen molar-refractivity contribution in [3.8, 4) is 0 Å². The van der Waals surface area contributed by atoms with Crippen LogP contribution in [-0.2, 0) is 42.9 Å².